The van der Waals surface area contributed by atoms with Gasteiger partial charge in [0, 0.05) is 16.7 Å². The molecular weight excluding hydrogens is 409 g/mol. The average molecular weight is 421 g/mol. The first-order chi connectivity index (χ1) is 12.5. The van der Waals surface area contributed by atoms with Crippen LogP contribution in [0, 0.1) is 17.5 Å². The molecule has 1 aromatic heterocycles. The van der Waals surface area contributed by atoms with E-state index in [-0.39, 0.29) is 22.3 Å². The van der Waals surface area contributed by atoms with Gasteiger partial charge in [0.1, 0.15) is 17.5 Å². The summed E-state index contributed by atoms with van der Waals surface area (Å²) in [6.07, 6.45) is 1.55. The molecule has 0 atom stereocenters. The quantitative estimate of drug-likeness (QED) is 0.587. The lowest BCUT2D eigenvalue weighted by molar-refractivity contribution is 0.0983. The fraction of sp³-hybridized carbons (Fsp3) is 0.0526. The molecule has 0 aliphatic heterocycles. The number of hydrogen-bond acceptors (Lipinski definition) is 2. The maximum absolute atomic E-state index is 14.3. The number of carbonyl (C=O) groups excluding carboxylic acids is 1. The largest absolute Gasteiger partial charge is 0.299 e. The Kier molecular flexibility index (Phi) is 5.37. The number of halogens is 4. The van der Waals surface area contributed by atoms with Crippen LogP contribution in [0.15, 0.2) is 65.3 Å². The molecule has 3 rings (SSSR count). The molecule has 1 amide bonds. The van der Waals surface area contributed by atoms with Crippen molar-refractivity contribution in [3.63, 3.8) is 0 Å². The first kappa shape index (κ1) is 18.1. The van der Waals surface area contributed by atoms with Gasteiger partial charge >= 0.3 is 0 Å². The van der Waals surface area contributed by atoms with Crippen molar-refractivity contribution < 1.29 is 18.0 Å². The van der Waals surface area contributed by atoms with Crippen molar-refractivity contribution in [1.82, 2.24) is 4.98 Å². The Morgan fingerprint density at radius 3 is 2.38 bits per heavy atom. The molecule has 0 saturated heterocycles. The Hall–Kier alpha value is -2.67. The number of benzene rings is 2. The van der Waals surface area contributed by atoms with Gasteiger partial charge in [-0.15, -0.1) is 0 Å². The average Bonchev–Trinajstić information content (AvgIpc) is 2.61. The molecule has 0 N–H and O–H groups in total. The van der Waals surface area contributed by atoms with Crippen molar-refractivity contribution in [2.45, 2.75) is 6.54 Å². The van der Waals surface area contributed by atoms with Crippen LogP contribution in [0.5, 0.6) is 0 Å². The number of hydrogen-bond donors (Lipinski definition) is 0. The Bertz CT molecular complexity index is 951. The normalized spacial score (nSPS) is 10.6. The second-order valence-corrected chi connectivity index (χ2v) is 6.29. The Labute approximate surface area is 156 Å². The lowest BCUT2D eigenvalue weighted by Gasteiger charge is -2.23. The van der Waals surface area contributed by atoms with Gasteiger partial charge in [0.2, 0.25) is 0 Å². The van der Waals surface area contributed by atoms with Gasteiger partial charge < -0.3 is 0 Å². The molecule has 1 heterocycles. The molecule has 0 bridgehead atoms. The first-order valence-electron chi connectivity index (χ1n) is 7.57. The summed E-state index contributed by atoms with van der Waals surface area (Å²) in [6.45, 7) is -0.0357. The van der Waals surface area contributed by atoms with E-state index in [0.717, 1.165) is 23.1 Å². The predicted molar refractivity (Wildman–Crippen MR) is 95.2 cm³/mol. The maximum Gasteiger partial charge on any atom is 0.259 e. The number of amides is 1. The topological polar surface area (TPSA) is 33.2 Å². The van der Waals surface area contributed by atoms with Gasteiger partial charge in [-0.2, -0.15) is 0 Å². The Morgan fingerprint density at radius 1 is 1.00 bits per heavy atom. The molecule has 3 aromatic rings. The lowest BCUT2D eigenvalue weighted by atomic mass is 10.1. The molecule has 3 nitrogen and oxygen atoms in total. The summed E-state index contributed by atoms with van der Waals surface area (Å²) in [7, 11) is 0. The Balaban J connectivity index is 2.06. The Morgan fingerprint density at radius 2 is 1.73 bits per heavy atom. The van der Waals surface area contributed by atoms with Crippen molar-refractivity contribution in [1.29, 1.82) is 0 Å². The second kappa shape index (κ2) is 7.70. The van der Waals surface area contributed by atoms with Crippen LogP contribution in [0.3, 0.4) is 0 Å². The summed E-state index contributed by atoms with van der Waals surface area (Å²) in [6, 6.07) is 11.7. The van der Waals surface area contributed by atoms with Crippen molar-refractivity contribution in [2.24, 2.45) is 0 Å². The van der Waals surface area contributed by atoms with Crippen molar-refractivity contribution >= 4 is 27.5 Å². The van der Waals surface area contributed by atoms with Gasteiger partial charge in [0.25, 0.3) is 5.91 Å². The lowest BCUT2D eigenvalue weighted by Crippen LogP contribution is -2.32. The molecule has 0 saturated carbocycles. The van der Waals surface area contributed by atoms with E-state index in [9.17, 15) is 18.0 Å². The standard InChI is InChI=1S/C19H12BrF3N2O/c20-16-9-12(21)4-6-15(16)19(26)25(11-14-3-1-2-8-24-14)18-7-5-13(22)10-17(18)23/h1-10H,11H2. The molecule has 26 heavy (non-hydrogen) atoms. The summed E-state index contributed by atoms with van der Waals surface area (Å²) in [5.74, 6) is -2.72. The molecule has 0 radical (unpaired) electrons. The highest BCUT2D eigenvalue weighted by atomic mass is 79.9. The van der Waals surface area contributed by atoms with Crippen LogP contribution in [-0.2, 0) is 6.54 Å². The summed E-state index contributed by atoms with van der Waals surface area (Å²) < 4.78 is 41.1. The molecule has 0 unspecified atom stereocenters. The molecular formula is C19H12BrF3N2O. The van der Waals surface area contributed by atoms with E-state index in [2.05, 4.69) is 20.9 Å². The van der Waals surface area contributed by atoms with Crippen LogP contribution in [0.25, 0.3) is 0 Å². The fourth-order valence-electron chi connectivity index (χ4n) is 2.43. The summed E-state index contributed by atoms with van der Waals surface area (Å²) in [4.78, 5) is 18.3. The van der Waals surface area contributed by atoms with Gasteiger partial charge in [-0.25, -0.2) is 13.2 Å². The highest BCUT2D eigenvalue weighted by Crippen LogP contribution is 2.27. The van der Waals surface area contributed by atoms with E-state index < -0.39 is 23.4 Å². The fourth-order valence-corrected chi connectivity index (χ4v) is 2.95. The minimum absolute atomic E-state index is 0.0357. The third-order valence-electron chi connectivity index (χ3n) is 3.65. The van der Waals surface area contributed by atoms with Crippen LogP contribution >= 0.6 is 15.9 Å². The molecule has 7 heteroatoms. The number of pyridine rings is 1. The van der Waals surface area contributed by atoms with E-state index in [1.165, 1.54) is 12.1 Å². The zero-order valence-corrected chi connectivity index (χ0v) is 14.9. The first-order valence-corrected chi connectivity index (χ1v) is 8.37. The number of rotatable bonds is 4. The number of anilines is 1. The molecule has 0 aliphatic rings. The van der Waals surface area contributed by atoms with Crippen LogP contribution < -0.4 is 4.90 Å². The van der Waals surface area contributed by atoms with Gasteiger partial charge in [-0.1, -0.05) is 6.07 Å². The van der Waals surface area contributed by atoms with Crippen LogP contribution in [0.4, 0.5) is 18.9 Å². The molecule has 2 aromatic carbocycles. The summed E-state index contributed by atoms with van der Waals surface area (Å²) in [5.41, 5.74) is 0.562. The van der Waals surface area contributed by atoms with E-state index in [4.69, 9.17) is 0 Å². The van der Waals surface area contributed by atoms with E-state index in [0.29, 0.717) is 11.8 Å². The van der Waals surface area contributed by atoms with Crippen LogP contribution in [0.1, 0.15) is 16.1 Å². The highest BCUT2D eigenvalue weighted by Gasteiger charge is 2.23. The minimum atomic E-state index is -0.882. The molecule has 0 fully saturated rings. The van der Waals surface area contributed by atoms with Gasteiger partial charge in [0.15, 0.2) is 0 Å². The van der Waals surface area contributed by atoms with E-state index in [1.807, 2.05) is 0 Å². The van der Waals surface area contributed by atoms with Crippen molar-refractivity contribution in [3.8, 4) is 0 Å². The van der Waals surface area contributed by atoms with Crippen molar-refractivity contribution in [3.05, 3.63) is 94.0 Å². The third kappa shape index (κ3) is 3.94. The summed E-state index contributed by atoms with van der Waals surface area (Å²) in [5, 5.41) is 0. The molecule has 132 valence electrons. The third-order valence-corrected chi connectivity index (χ3v) is 4.31. The highest BCUT2D eigenvalue weighted by molar-refractivity contribution is 9.10. The van der Waals surface area contributed by atoms with Crippen molar-refractivity contribution in [2.75, 3.05) is 4.90 Å². The molecule has 0 aliphatic carbocycles. The van der Waals surface area contributed by atoms with Gasteiger partial charge in [-0.05, 0) is 58.4 Å². The number of aromatic nitrogens is 1. The zero-order chi connectivity index (χ0) is 18.7. The number of nitrogens with zero attached hydrogens (tertiary/aromatic N) is 2. The van der Waals surface area contributed by atoms with Gasteiger partial charge in [0.05, 0.1) is 23.5 Å². The smallest absolute Gasteiger partial charge is 0.259 e. The second-order valence-electron chi connectivity index (χ2n) is 5.43. The van der Waals surface area contributed by atoms with Gasteiger partial charge in [-0.3, -0.25) is 14.7 Å². The number of carbonyl (C=O) groups is 1. The van der Waals surface area contributed by atoms with Crippen LogP contribution in [-0.4, -0.2) is 10.9 Å². The van der Waals surface area contributed by atoms with Crippen LogP contribution in [0.2, 0.25) is 0 Å². The summed E-state index contributed by atoms with van der Waals surface area (Å²) >= 11 is 3.15. The van der Waals surface area contributed by atoms with E-state index >= 15 is 0 Å². The predicted octanol–water partition coefficient (Wildman–Crippen LogP) is 5.11. The monoisotopic (exact) mass is 420 g/mol. The SMILES string of the molecule is O=C(c1ccc(F)cc1Br)N(Cc1ccccn1)c1ccc(F)cc1F. The zero-order valence-electron chi connectivity index (χ0n) is 13.3. The maximum atomic E-state index is 14.3. The van der Waals surface area contributed by atoms with E-state index in [1.54, 1.807) is 24.4 Å². The molecule has 0 spiro atoms. The minimum Gasteiger partial charge on any atom is -0.299 e.